The van der Waals surface area contributed by atoms with Gasteiger partial charge in [0.2, 0.25) is 0 Å². The predicted molar refractivity (Wildman–Crippen MR) is 458 cm³/mol. The Balaban J connectivity index is 0.000000181. The number of rotatable bonds is 37. The van der Waals surface area contributed by atoms with Crippen LogP contribution in [-0.4, -0.2) is 198 Å². The molecule has 4 aliphatic heterocycles. The number of nitrogens with zero attached hydrogens (tertiary/aromatic N) is 8. The molecule has 5 aromatic carbocycles. The Labute approximate surface area is 755 Å². The zero-order chi connectivity index (χ0) is 93.5. The number of aldehydes is 3. The van der Waals surface area contributed by atoms with E-state index in [-0.39, 0.29) is 49.1 Å². The van der Waals surface area contributed by atoms with Crippen LogP contribution in [0.2, 0.25) is 0 Å². The van der Waals surface area contributed by atoms with Crippen LogP contribution >= 0.6 is 49.3 Å². The van der Waals surface area contributed by atoms with E-state index in [0.717, 1.165) is 13.7 Å². The summed E-state index contributed by atoms with van der Waals surface area (Å²) in [4.78, 5) is 178. The van der Waals surface area contributed by atoms with Gasteiger partial charge in [-0.25, -0.2) is 47.9 Å². The van der Waals surface area contributed by atoms with Gasteiger partial charge in [-0.2, -0.15) is 19.9 Å². The molecule has 0 bridgehead atoms. The van der Waals surface area contributed by atoms with Gasteiger partial charge in [-0.1, -0.05) is 97.6 Å². The fraction of sp³-hybridized carbons (Fsp3) is 0.317. The van der Waals surface area contributed by atoms with Crippen LogP contribution in [0.4, 0.5) is 27.7 Å². The molecule has 690 valence electrons. The predicted octanol–water partition coefficient (Wildman–Crippen LogP) is 8.09. The summed E-state index contributed by atoms with van der Waals surface area (Å²) in [7, 11) is 5.09. The zero-order valence-corrected chi connectivity index (χ0v) is 72.8. The molecule has 15 atom stereocenters. The Hall–Kier alpha value is -11.7. The van der Waals surface area contributed by atoms with E-state index in [2.05, 4.69) is 84.7 Å². The van der Waals surface area contributed by atoms with E-state index in [1.807, 2.05) is 0 Å². The lowest BCUT2D eigenvalue weighted by atomic mass is 9.95. The number of carbonyl (C=O) groups is 8. The molecule has 13 rings (SSSR count). The number of alkyl halides is 1. The van der Waals surface area contributed by atoms with E-state index in [4.69, 9.17) is 40.4 Å². The van der Waals surface area contributed by atoms with Crippen molar-refractivity contribution in [2.75, 3.05) is 56.3 Å². The maximum absolute atomic E-state index is 15.6. The number of amides is 4. The van der Waals surface area contributed by atoms with Crippen molar-refractivity contribution in [3.05, 3.63) is 283 Å². The molecule has 4 unspecified atom stereocenters. The highest BCUT2D eigenvalue weighted by Gasteiger charge is 2.59. The van der Waals surface area contributed by atoms with Crippen LogP contribution in [0, 0.1) is 0 Å². The Morgan fingerprint density at radius 2 is 0.708 bits per heavy atom. The van der Waals surface area contributed by atoms with Gasteiger partial charge in [0.05, 0.1) is 52.3 Å². The maximum atomic E-state index is 15.6. The zero-order valence-electron chi connectivity index (χ0n) is 69.6. The molecule has 4 aliphatic rings. The topological polar surface area (TPSA) is 522 Å². The van der Waals surface area contributed by atoms with Crippen LogP contribution in [0.5, 0.6) is 0 Å². The first-order chi connectivity index (χ1) is 62.6. The number of ether oxygens (including phenoxy) is 5. The van der Waals surface area contributed by atoms with Crippen LogP contribution in [-0.2, 0) is 91.7 Å². The minimum Gasteiger partial charge on any atom is -0.459 e. The van der Waals surface area contributed by atoms with Crippen molar-refractivity contribution in [2.24, 2.45) is 0 Å². The third kappa shape index (κ3) is 26.3. The number of benzene rings is 5. The Morgan fingerprint density at radius 3 is 1.05 bits per heavy atom. The molecule has 4 fully saturated rings. The molecule has 0 spiro atoms. The number of hydrogen-bond donors (Lipinski definition) is 6. The fourth-order valence-corrected chi connectivity index (χ4v) is 15.0. The number of carbonyl (C=O) groups excluding carboxylic acids is 8. The minimum absolute atomic E-state index is 0.00467. The first kappa shape index (κ1) is 100. The number of halogens is 1. The third-order valence-corrected chi connectivity index (χ3v) is 21.1. The highest BCUT2D eigenvalue weighted by atomic mass is 32.2. The number of anilines is 4. The van der Waals surface area contributed by atoms with Crippen LogP contribution < -0.4 is 44.0 Å². The molecule has 6 N–H and O–H groups in total. The summed E-state index contributed by atoms with van der Waals surface area (Å²) in [6.07, 6.45) is -5.46. The third-order valence-electron chi connectivity index (χ3n) is 19.2. The number of aliphatic hydroxyl groups is 2. The summed E-state index contributed by atoms with van der Waals surface area (Å²) in [6, 6.07) is 47.7. The van der Waals surface area contributed by atoms with E-state index in [0.29, 0.717) is 102 Å². The molecule has 4 amide bonds. The lowest BCUT2D eigenvalue weighted by Gasteiger charge is -2.29. The minimum atomic E-state index is -2.22. The molecule has 4 aromatic heterocycles. The second kappa shape index (κ2) is 48.8. The van der Waals surface area contributed by atoms with Crippen molar-refractivity contribution in [2.45, 2.75) is 131 Å². The lowest BCUT2D eigenvalue weighted by Crippen LogP contribution is -2.47. The Bertz CT molecular complexity index is 5400. The standard InChI is InChI=1S/C25H25N3O9S.C19H20FN3O7S.C19H21N3O8S.C19H19N3O7S/c1-25(32)20(36-38-37-33-2)18(15-34-22(30)17-11-7-4-8-12-17)35-23(25)28-14-13-19(27-24(28)31)26-21(29)16-9-5-3-6-10-16;1-19(20)15(29-31-30-27-2)13(9-11-24)28-17(19)23-10-8-14(22-18(23)26)21-16(25)12-6-4-3-5-7-12;1-19(26)15(29-31-30-27-2)13(9-11-23)28-17(19)22-10-8-14(21-18(22)25)20-16(24)12-6-4-3-5-7-12;1-12-16(28-30-29-26-2)14(9-11-23)27-18(12)22-10-8-15(21-19(22)25)20-17(24)13-6-4-3-5-7-13/h3-14,18,20,23,32H,15H2,1-2H3,(H,26,27,29,31);3-8,10-11,13,15,17H,9H2,1-2H3,(H,21,22,25,26);3-8,10-11,13,15,17,26H,9H2,1-2H3,(H,20,21,24,25);3-8,10-11,14,16,18H,1,9H2,2H3,(H,20,21,24,25)/t18-,20?,23-,25+;2*13-,15?,17-,19-;14-,16?,18-/m1111/s1. The van der Waals surface area contributed by atoms with Gasteiger partial charge in [0.1, 0.15) is 90.5 Å². The summed E-state index contributed by atoms with van der Waals surface area (Å²) in [6.45, 7) is 7.60. The van der Waals surface area contributed by atoms with Gasteiger partial charge in [0.15, 0.2) is 79.9 Å². The maximum Gasteiger partial charge on any atom is 0.351 e. The van der Waals surface area contributed by atoms with Gasteiger partial charge in [-0.05, 0) is 106 Å². The average molecular weight is 1880 g/mol. The van der Waals surface area contributed by atoms with Crippen molar-refractivity contribution < 1.29 is 130 Å². The summed E-state index contributed by atoms with van der Waals surface area (Å²) < 4.78 is 88.3. The van der Waals surface area contributed by atoms with Crippen molar-refractivity contribution in [1.29, 1.82) is 0 Å². The monoisotopic (exact) mass is 1880 g/mol. The highest BCUT2D eigenvalue weighted by Crippen LogP contribution is 2.47. The normalized spacial score (nSPS) is 23.5. The number of hydrogen-bond acceptors (Lipinski definition) is 39. The molecule has 9 aromatic rings. The molecule has 48 heteroatoms. The lowest BCUT2D eigenvalue weighted by molar-refractivity contribution is -0.171. The summed E-state index contributed by atoms with van der Waals surface area (Å²) >= 11 is 1.85. The van der Waals surface area contributed by atoms with Gasteiger partial charge in [-0.15, -0.1) is 17.3 Å². The molecule has 43 nitrogen and oxygen atoms in total. The Morgan fingerprint density at radius 1 is 0.415 bits per heavy atom. The van der Waals surface area contributed by atoms with Gasteiger partial charge in [0, 0.05) is 71.9 Å². The molecule has 0 saturated carbocycles. The van der Waals surface area contributed by atoms with E-state index in [9.17, 15) is 67.7 Å². The first-order valence-electron chi connectivity index (χ1n) is 38.5. The number of aromatic nitrogens is 8. The summed E-state index contributed by atoms with van der Waals surface area (Å²) in [5.74, 6) is -2.17. The molecular weight excluding hydrogens is 1800 g/mol. The first-order valence-corrected chi connectivity index (χ1v) is 41.2. The van der Waals surface area contributed by atoms with Crippen LogP contribution in [0.25, 0.3) is 0 Å². The Kier molecular flexibility index (Phi) is 37.7. The smallest absolute Gasteiger partial charge is 0.351 e. The fourth-order valence-electron chi connectivity index (χ4n) is 13.1. The van der Waals surface area contributed by atoms with Crippen molar-refractivity contribution in [3.8, 4) is 0 Å². The number of esters is 1. The van der Waals surface area contributed by atoms with Crippen LogP contribution in [0.3, 0.4) is 0 Å². The molecule has 0 aliphatic carbocycles. The van der Waals surface area contributed by atoms with Crippen LogP contribution in [0.1, 0.15) is 117 Å². The summed E-state index contributed by atoms with van der Waals surface area (Å²) in [5, 5.41) is 32.5. The second-order valence-corrected chi connectivity index (χ2v) is 29.9. The quantitative estimate of drug-likeness (QED) is 0.00407. The van der Waals surface area contributed by atoms with Crippen LogP contribution in [0.15, 0.2) is 232 Å². The second-order valence-electron chi connectivity index (χ2n) is 28.0. The van der Waals surface area contributed by atoms with E-state index >= 15 is 4.39 Å². The largest absolute Gasteiger partial charge is 0.459 e. The molecule has 130 heavy (non-hydrogen) atoms. The van der Waals surface area contributed by atoms with E-state index in [1.165, 1.54) is 103 Å². The van der Waals surface area contributed by atoms with Gasteiger partial charge in [-0.3, -0.25) is 54.2 Å². The molecule has 4 saturated heterocycles. The average Bonchev–Trinajstić information content (AvgIpc) is 1.61. The van der Waals surface area contributed by atoms with Crippen molar-refractivity contribution in [3.63, 3.8) is 0 Å². The van der Waals surface area contributed by atoms with E-state index < -0.39 is 143 Å². The van der Waals surface area contributed by atoms with Gasteiger partial charge >= 0.3 is 28.7 Å². The number of nitrogens with one attached hydrogen (secondary N) is 4. The SMILES string of the molecule is C=C1C(OSOOC)[C@@H](CC=O)O[C@H]1n1ccc(NC(=O)c2ccccc2)nc1=O.COOSOC1[C@@H](CC=O)O[C@@H](n2ccc(NC(=O)c3ccccc3)nc2=O)[C@]1(C)F.COOSOC1[C@@H](CC=O)O[C@@H](n2ccc(NC(=O)c3ccccc3)nc2=O)[C@]1(C)O.COOSOC1[C@@H](COC(=O)c2ccccc2)O[C@@H](n2ccc(NC(=O)c3ccccc3)nc2=O)[C@@]1(C)O. The van der Waals surface area contributed by atoms with E-state index in [1.54, 1.807) is 152 Å². The highest BCUT2D eigenvalue weighted by molar-refractivity contribution is 7.90. The molecule has 0 radical (unpaired) electrons. The molecular formula is C82H85FN12O31S4. The van der Waals surface area contributed by atoms with Gasteiger partial charge in [0.25, 0.3) is 23.6 Å². The summed E-state index contributed by atoms with van der Waals surface area (Å²) in [5.41, 5.74) is -6.51. The molecule has 8 heterocycles. The van der Waals surface area contributed by atoms with Crippen molar-refractivity contribution in [1.82, 2.24) is 38.2 Å². The van der Waals surface area contributed by atoms with Crippen molar-refractivity contribution >= 4 is 121 Å². The van der Waals surface area contributed by atoms with Gasteiger partial charge < -0.3 is 69.5 Å².